The van der Waals surface area contributed by atoms with Crippen molar-refractivity contribution in [3.05, 3.63) is 39.7 Å². The van der Waals surface area contributed by atoms with E-state index < -0.39 is 0 Å². The predicted octanol–water partition coefficient (Wildman–Crippen LogP) is 3.13. The number of benzene rings is 1. The van der Waals surface area contributed by atoms with Gasteiger partial charge in [0.05, 0.1) is 0 Å². The number of nitrogens with one attached hydrogen (secondary N) is 1. The molecule has 0 saturated heterocycles. The summed E-state index contributed by atoms with van der Waals surface area (Å²) in [6.45, 7) is 0. The lowest BCUT2D eigenvalue weighted by Crippen LogP contribution is -2.19. The molecule has 0 fully saturated rings. The molecular weight excluding hydrogens is 230 g/mol. The summed E-state index contributed by atoms with van der Waals surface area (Å²) < 4.78 is 0. The zero-order chi connectivity index (χ0) is 11.8. The van der Waals surface area contributed by atoms with Gasteiger partial charge in [0, 0.05) is 21.4 Å². The summed E-state index contributed by atoms with van der Waals surface area (Å²) in [7, 11) is 0. The second-order valence-electron chi connectivity index (χ2n) is 4.53. The number of hydrogen-bond acceptors (Lipinski definition) is 2. The van der Waals surface area contributed by atoms with Gasteiger partial charge in [0.15, 0.2) is 0 Å². The Bertz CT molecular complexity index is 630. The predicted molar refractivity (Wildman–Crippen MR) is 73.0 cm³/mol. The highest BCUT2D eigenvalue weighted by Crippen LogP contribution is 2.27. The maximum Gasteiger partial charge on any atom is 0.251 e. The molecule has 0 unspecified atom stereocenters. The minimum Gasteiger partial charge on any atom is -0.322 e. The van der Waals surface area contributed by atoms with Crippen molar-refractivity contribution < 1.29 is 0 Å². The van der Waals surface area contributed by atoms with Crippen LogP contribution >= 0.6 is 11.8 Å². The van der Waals surface area contributed by atoms with E-state index in [4.69, 9.17) is 0 Å². The van der Waals surface area contributed by atoms with Crippen LogP contribution in [-0.4, -0.2) is 11.2 Å². The van der Waals surface area contributed by atoms with Crippen LogP contribution in [0.15, 0.2) is 27.9 Å². The molecule has 1 heterocycles. The van der Waals surface area contributed by atoms with Gasteiger partial charge in [-0.2, -0.15) is 0 Å². The molecule has 2 nitrogen and oxygen atoms in total. The van der Waals surface area contributed by atoms with Crippen LogP contribution in [0.2, 0.25) is 0 Å². The summed E-state index contributed by atoms with van der Waals surface area (Å²) >= 11 is 1.70. The van der Waals surface area contributed by atoms with Crippen LogP contribution < -0.4 is 5.56 Å². The molecule has 3 heteroatoms. The molecule has 1 aromatic carbocycles. The van der Waals surface area contributed by atoms with Gasteiger partial charge in [-0.25, -0.2) is 0 Å². The van der Waals surface area contributed by atoms with Crippen LogP contribution in [0.1, 0.15) is 24.0 Å². The maximum absolute atomic E-state index is 12.0. The van der Waals surface area contributed by atoms with E-state index in [0.29, 0.717) is 0 Å². The van der Waals surface area contributed by atoms with E-state index >= 15 is 0 Å². The Kier molecular flexibility index (Phi) is 2.71. The number of aromatic nitrogens is 1. The third kappa shape index (κ3) is 1.78. The van der Waals surface area contributed by atoms with Crippen molar-refractivity contribution in [3.63, 3.8) is 0 Å². The van der Waals surface area contributed by atoms with E-state index in [9.17, 15) is 4.79 Å². The monoisotopic (exact) mass is 245 g/mol. The number of aryl methyl sites for hydroxylation is 1. The molecule has 0 saturated carbocycles. The zero-order valence-corrected chi connectivity index (χ0v) is 10.7. The Morgan fingerprint density at radius 2 is 1.94 bits per heavy atom. The van der Waals surface area contributed by atoms with Gasteiger partial charge in [0.2, 0.25) is 0 Å². The molecule has 0 radical (unpaired) electrons. The standard InChI is InChI=1S/C14H15NOS/c1-17-9-6-7-11-10-4-2-3-5-12(10)14(16)15-13(11)8-9/h6-8H,2-5H2,1H3,(H,15,16). The Morgan fingerprint density at radius 3 is 2.71 bits per heavy atom. The molecule has 3 rings (SSSR count). The number of thioether (sulfide) groups is 1. The van der Waals surface area contributed by atoms with Crippen LogP contribution in [-0.2, 0) is 12.8 Å². The quantitative estimate of drug-likeness (QED) is 0.783. The Hall–Kier alpha value is -1.22. The van der Waals surface area contributed by atoms with E-state index in [1.165, 1.54) is 22.3 Å². The van der Waals surface area contributed by atoms with E-state index in [1.54, 1.807) is 11.8 Å². The number of fused-ring (bicyclic) bond motifs is 3. The van der Waals surface area contributed by atoms with Gasteiger partial charge in [-0.1, -0.05) is 6.07 Å². The van der Waals surface area contributed by atoms with Crippen LogP contribution in [0.4, 0.5) is 0 Å². The molecule has 1 N–H and O–H groups in total. The van der Waals surface area contributed by atoms with Crippen molar-refractivity contribution in [2.24, 2.45) is 0 Å². The summed E-state index contributed by atoms with van der Waals surface area (Å²) in [5.74, 6) is 0. The molecule has 88 valence electrons. The minimum atomic E-state index is 0.116. The normalized spacial score (nSPS) is 14.9. The van der Waals surface area contributed by atoms with Gasteiger partial charge >= 0.3 is 0 Å². The smallest absolute Gasteiger partial charge is 0.251 e. The first-order valence-corrected chi connectivity index (χ1v) is 7.24. The summed E-state index contributed by atoms with van der Waals surface area (Å²) in [5.41, 5.74) is 3.40. The second-order valence-corrected chi connectivity index (χ2v) is 5.41. The van der Waals surface area contributed by atoms with E-state index in [-0.39, 0.29) is 5.56 Å². The van der Waals surface area contributed by atoms with Crippen molar-refractivity contribution >= 4 is 22.7 Å². The number of aromatic amines is 1. The molecule has 1 aromatic heterocycles. The van der Waals surface area contributed by atoms with Gasteiger partial charge in [0.1, 0.15) is 0 Å². The first kappa shape index (κ1) is 10.9. The van der Waals surface area contributed by atoms with Crippen LogP contribution in [0.3, 0.4) is 0 Å². The van der Waals surface area contributed by atoms with Gasteiger partial charge in [-0.15, -0.1) is 11.8 Å². The summed E-state index contributed by atoms with van der Waals surface area (Å²) in [6, 6.07) is 6.37. The Morgan fingerprint density at radius 1 is 1.18 bits per heavy atom. The summed E-state index contributed by atoms with van der Waals surface area (Å²) in [6.07, 6.45) is 6.39. The fraction of sp³-hybridized carbons (Fsp3) is 0.357. The van der Waals surface area contributed by atoms with Gasteiger partial charge in [-0.3, -0.25) is 4.79 Å². The summed E-state index contributed by atoms with van der Waals surface area (Å²) in [5, 5.41) is 1.23. The SMILES string of the molecule is CSc1ccc2c3c(c(=O)[nH]c2c1)CCCC3. The fourth-order valence-electron chi connectivity index (χ4n) is 2.67. The van der Waals surface area contributed by atoms with Crippen LogP contribution in [0.25, 0.3) is 10.9 Å². The van der Waals surface area contributed by atoms with Crippen molar-refractivity contribution in [2.45, 2.75) is 30.6 Å². The zero-order valence-electron chi connectivity index (χ0n) is 9.88. The topological polar surface area (TPSA) is 32.9 Å². The molecule has 17 heavy (non-hydrogen) atoms. The Balaban J connectivity index is 2.34. The van der Waals surface area contributed by atoms with Crippen LogP contribution in [0, 0.1) is 0 Å². The van der Waals surface area contributed by atoms with Crippen molar-refractivity contribution in [1.82, 2.24) is 4.98 Å². The highest BCUT2D eigenvalue weighted by Gasteiger charge is 2.16. The number of hydrogen-bond donors (Lipinski definition) is 1. The molecule has 2 aromatic rings. The highest BCUT2D eigenvalue weighted by molar-refractivity contribution is 7.98. The molecular formula is C14H15NOS. The first-order chi connectivity index (χ1) is 8.29. The molecule has 0 aliphatic heterocycles. The lowest BCUT2D eigenvalue weighted by atomic mass is 9.90. The second kappa shape index (κ2) is 4.22. The maximum atomic E-state index is 12.0. The van der Waals surface area contributed by atoms with E-state index in [0.717, 1.165) is 30.3 Å². The average Bonchev–Trinajstić information content (AvgIpc) is 2.38. The van der Waals surface area contributed by atoms with Gasteiger partial charge in [-0.05, 0) is 49.6 Å². The highest BCUT2D eigenvalue weighted by atomic mass is 32.2. The first-order valence-electron chi connectivity index (χ1n) is 6.01. The largest absolute Gasteiger partial charge is 0.322 e. The Labute approximate surface area is 104 Å². The summed E-state index contributed by atoms with van der Waals surface area (Å²) in [4.78, 5) is 16.2. The van der Waals surface area contributed by atoms with Gasteiger partial charge < -0.3 is 4.98 Å². The number of rotatable bonds is 1. The average molecular weight is 245 g/mol. The van der Waals surface area contributed by atoms with E-state index in [1.807, 2.05) is 0 Å². The minimum absolute atomic E-state index is 0.116. The van der Waals surface area contributed by atoms with Crippen LogP contribution in [0.5, 0.6) is 0 Å². The lowest BCUT2D eigenvalue weighted by Gasteiger charge is -2.17. The molecule has 0 atom stereocenters. The van der Waals surface area contributed by atoms with Crippen molar-refractivity contribution in [1.29, 1.82) is 0 Å². The molecule has 1 aliphatic carbocycles. The fourth-order valence-corrected chi connectivity index (χ4v) is 3.11. The van der Waals surface area contributed by atoms with Gasteiger partial charge in [0.25, 0.3) is 5.56 Å². The molecule has 0 spiro atoms. The lowest BCUT2D eigenvalue weighted by molar-refractivity contribution is 0.682. The molecule has 0 amide bonds. The molecule has 0 bridgehead atoms. The van der Waals surface area contributed by atoms with Crippen molar-refractivity contribution in [3.8, 4) is 0 Å². The third-order valence-electron chi connectivity index (χ3n) is 3.54. The number of pyridine rings is 1. The number of H-pyrrole nitrogens is 1. The van der Waals surface area contributed by atoms with Crippen molar-refractivity contribution in [2.75, 3.05) is 6.26 Å². The van der Waals surface area contributed by atoms with E-state index in [2.05, 4.69) is 29.4 Å². The third-order valence-corrected chi connectivity index (χ3v) is 4.27. The molecule has 1 aliphatic rings.